The van der Waals surface area contributed by atoms with E-state index >= 15 is 0 Å². The van der Waals surface area contributed by atoms with Gasteiger partial charge in [-0.15, -0.1) is 0 Å². The van der Waals surface area contributed by atoms with Crippen LogP contribution in [0.4, 0.5) is 0 Å². The first kappa shape index (κ1) is 12.6. The van der Waals surface area contributed by atoms with Crippen molar-refractivity contribution >= 4 is 0 Å². The molecule has 1 aromatic rings. The van der Waals surface area contributed by atoms with Crippen LogP contribution in [0.1, 0.15) is 43.7 Å². The standard InChI is InChI=1S/C16H25N/c1-13-3-7-15(8-4-13)11-17-12-16-9-5-14(2)6-10-16/h3-4,7-8,14,16-17H,5-6,9-12H2,1-2H3. The lowest BCUT2D eigenvalue weighted by Crippen LogP contribution is -2.25. The molecule has 0 unspecified atom stereocenters. The van der Waals surface area contributed by atoms with Crippen LogP contribution in [0.15, 0.2) is 24.3 Å². The molecule has 1 aliphatic rings. The molecular formula is C16H25N. The second-order valence-corrected chi connectivity index (χ2v) is 5.74. The number of hydrogen-bond donors (Lipinski definition) is 1. The molecule has 1 N–H and O–H groups in total. The average Bonchev–Trinajstić information content (AvgIpc) is 2.34. The molecule has 0 amide bonds. The minimum Gasteiger partial charge on any atom is -0.312 e. The monoisotopic (exact) mass is 231 g/mol. The van der Waals surface area contributed by atoms with Gasteiger partial charge in [0.2, 0.25) is 0 Å². The number of hydrogen-bond acceptors (Lipinski definition) is 1. The molecule has 0 radical (unpaired) electrons. The number of nitrogens with one attached hydrogen (secondary N) is 1. The van der Waals surface area contributed by atoms with Crippen LogP contribution in [0.3, 0.4) is 0 Å². The summed E-state index contributed by atoms with van der Waals surface area (Å²) in [7, 11) is 0. The predicted octanol–water partition coefficient (Wildman–Crippen LogP) is 3.91. The summed E-state index contributed by atoms with van der Waals surface area (Å²) in [5.41, 5.74) is 2.75. The van der Waals surface area contributed by atoms with Crippen LogP contribution in [0.2, 0.25) is 0 Å². The van der Waals surface area contributed by atoms with Crippen molar-refractivity contribution in [2.24, 2.45) is 11.8 Å². The van der Waals surface area contributed by atoms with Gasteiger partial charge in [0.05, 0.1) is 0 Å². The highest BCUT2D eigenvalue weighted by Crippen LogP contribution is 2.27. The van der Waals surface area contributed by atoms with Crippen LogP contribution in [0.5, 0.6) is 0 Å². The molecule has 1 heteroatoms. The zero-order valence-electron chi connectivity index (χ0n) is 11.2. The molecule has 0 atom stereocenters. The van der Waals surface area contributed by atoms with E-state index in [-0.39, 0.29) is 0 Å². The molecular weight excluding hydrogens is 206 g/mol. The van der Waals surface area contributed by atoms with Crippen LogP contribution < -0.4 is 5.32 Å². The lowest BCUT2D eigenvalue weighted by molar-refractivity contribution is 0.281. The Morgan fingerprint density at radius 1 is 1.06 bits per heavy atom. The van der Waals surface area contributed by atoms with Gasteiger partial charge < -0.3 is 5.32 Å². The Morgan fingerprint density at radius 3 is 2.35 bits per heavy atom. The molecule has 94 valence electrons. The third-order valence-corrected chi connectivity index (χ3v) is 4.02. The summed E-state index contributed by atoms with van der Waals surface area (Å²) in [6.45, 7) is 6.74. The Balaban J connectivity index is 1.67. The number of rotatable bonds is 4. The first-order valence-electron chi connectivity index (χ1n) is 7.00. The van der Waals surface area contributed by atoms with Crippen LogP contribution in [-0.4, -0.2) is 6.54 Å². The largest absolute Gasteiger partial charge is 0.312 e. The molecule has 1 fully saturated rings. The van der Waals surface area contributed by atoms with Crippen molar-refractivity contribution in [3.8, 4) is 0 Å². The minimum atomic E-state index is 0.914. The maximum atomic E-state index is 3.61. The van der Waals surface area contributed by atoms with E-state index in [1.807, 2.05) is 0 Å². The zero-order chi connectivity index (χ0) is 12.1. The van der Waals surface area contributed by atoms with Gasteiger partial charge in [0, 0.05) is 6.54 Å². The quantitative estimate of drug-likeness (QED) is 0.828. The normalized spacial score (nSPS) is 24.8. The number of benzene rings is 1. The topological polar surface area (TPSA) is 12.0 Å². The highest BCUT2D eigenvalue weighted by Gasteiger charge is 2.17. The molecule has 2 rings (SSSR count). The summed E-state index contributed by atoms with van der Waals surface area (Å²) in [6, 6.07) is 8.84. The molecule has 1 aliphatic carbocycles. The molecule has 1 nitrogen and oxygen atoms in total. The molecule has 0 bridgehead atoms. The van der Waals surface area contributed by atoms with Crippen molar-refractivity contribution in [1.29, 1.82) is 0 Å². The Kier molecular flexibility index (Phi) is 4.61. The van der Waals surface area contributed by atoms with Gasteiger partial charge in [-0.3, -0.25) is 0 Å². The maximum Gasteiger partial charge on any atom is 0.0205 e. The van der Waals surface area contributed by atoms with Gasteiger partial charge in [-0.25, -0.2) is 0 Å². The van der Waals surface area contributed by atoms with Crippen molar-refractivity contribution in [3.63, 3.8) is 0 Å². The van der Waals surface area contributed by atoms with Crippen molar-refractivity contribution in [3.05, 3.63) is 35.4 Å². The van der Waals surface area contributed by atoms with Crippen molar-refractivity contribution < 1.29 is 0 Å². The summed E-state index contributed by atoms with van der Waals surface area (Å²) in [4.78, 5) is 0. The molecule has 0 aromatic heterocycles. The van der Waals surface area contributed by atoms with Gasteiger partial charge in [0.15, 0.2) is 0 Å². The molecule has 1 saturated carbocycles. The second kappa shape index (κ2) is 6.20. The molecule has 1 aromatic carbocycles. The van der Waals surface area contributed by atoms with Gasteiger partial charge >= 0.3 is 0 Å². The fourth-order valence-electron chi connectivity index (χ4n) is 2.66. The second-order valence-electron chi connectivity index (χ2n) is 5.74. The molecule has 0 heterocycles. The van der Waals surface area contributed by atoms with E-state index in [0.29, 0.717) is 0 Å². The highest BCUT2D eigenvalue weighted by atomic mass is 14.9. The average molecular weight is 231 g/mol. The highest BCUT2D eigenvalue weighted by molar-refractivity contribution is 5.21. The van der Waals surface area contributed by atoms with E-state index in [9.17, 15) is 0 Å². The summed E-state index contributed by atoms with van der Waals surface area (Å²) < 4.78 is 0. The van der Waals surface area contributed by atoms with E-state index in [1.54, 1.807) is 0 Å². The SMILES string of the molecule is Cc1ccc(CNCC2CCC(C)CC2)cc1. The van der Waals surface area contributed by atoms with Crippen molar-refractivity contribution in [2.75, 3.05) is 6.54 Å². The lowest BCUT2D eigenvalue weighted by Gasteiger charge is -2.26. The van der Waals surface area contributed by atoms with E-state index in [2.05, 4.69) is 43.4 Å². The van der Waals surface area contributed by atoms with Gasteiger partial charge in [-0.1, -0.05) is 49.6 Å². The summed E-state index contributed by atoms with van der Waals surface area (Å²) in [5, 5.41) is 3.61. The smallest absolute Gasteiger partial charge is 0.0205 e. The molecule has 0 aliphatic heterocycles. The maximum absolute atomic E-state index is 3.61. The van der Waals surface area contributed by atoms with Crippen molar-refractivity contribution in [1.82, 2.24) is 5.32 Å². The van der Waals surface area contributed by atoms with E-state index < -0.39 is 0 Å². The third-order valence-electron chi connectivity index (χ3n) is 4.02. The van der Waals surface area contributed by atoms with Gasteiger partial charge in [0.25, 0.3) is 0 Å². The first-order valence-corrected chi connectivity index (χ1v) is 7.00. The molecule has 0 saturated heterocycles. The van der Waals surface area contributed by atoms with Crippen LogP contribution in [0.25, 0.3) is 0 Å². The van der Waals surface area contributed by atoms with E-state index in [4.69, 9.17) is 0 Å². The fourth-order valence-corrected chi connectivity index (χ4v) is 2.66. The summed E-state index contributed by atoms with van der Waals surface area (Å²) in [6.07, 6.45) is 5.69. The van der Waals surface area contributed by atoms with Gasteiger partial charge in [-0.2, -0.15) is 0 Å². The molecule has 17 heavy (non-hydrogen) atoms. The zero-order valence-corrected chi connectivity index (χ0v) is 11.2. The predicted molar refractivity (Wildman–Crippen MR) is 74.0 cm³/mol. The van der Waals surface area contributed by atoms with Gasteiger partial charge in [-0.05, 0) is 43.7 Å². The minimum absolute atomic E-state index is 0.914. The Labute approximate surface area is 106 Å². The van der Waals surface area contributed by atoms with Crippen molar-refractivity contribution in [2.45, 2.75) is 46.1 Å². The van der Waals surface area contributed by atoms with Gasteiger partial charge in [0.1, 0.15) is 0 Å². The first-order chi connectivity index (χ1) is 8.24. The van der Waals surface area contributed by atoms with E-state index in [0.717, 1.165) is 18.4 Å². The van der Waals surface area contributed by atoms with Crippen LogP contribution in [-0.2, 0) is 6.54 Å². The van der Waals surface area contributed by atoms with Crippen LogP contribution in [0, 0.1) is 18.8 Å². The van der Waals surface area contributed by atoms with Crippen LogP contribution >= 0.6 is 0 Å². The van der Waals surface area contributed by atoms with E-state index in [1.165, 1.54) is 43.4 Å². The Morgan fingerprint density at radius 2 is 1.71 bits per heavy atom. The lowest BCUT2D eigenvalue weighted by atomic mass is 9.83. The Bertz CT molecular complexity index is 320. The third kappa shape index (κ3) is 4.16. The fraction of sp³-hybridized carbons (Fsp3) is 0.625. The summed E-state index contributed by atoms with van der Waals surface area (Å²) >= 11 is 0. The Hall–Kier alpha value is -0.820. The molecule has 0 spiro atoms. The summed E-state index contributed by atoms with van der Waals surface area (Å²) in [5.74, 6) is 1.87. The number of aryl methyl sites for hydroxylation is 1.